The lowest BCUT2D eigenvalue weighted by atomic mass is 10.4. The standard InChI is InChI=1S/C13H18N6O3/c1-17-10-9(11(20)18(2)13(17)21)15-12(16-10)14-3-4-19-5-7-22-8-6-19/h3-8H2,1-2H3/p+1. The van der Waals surface area contributed by atoms with Gasteiger partial charge in [-0.05, 0) is 4.99 Å². The first-order valence-electron chi connectivity index (χ1n) is 7.22. The molecule has 0 unspecified atom stereocenters. The molecule has 0 radical (unpaired) electrons. The van der Waals surface area contributed by atoms with Crippen molar-refractivity contribution in [2.75, 3.05) is 39.4 Å². The molecule has 9 nitrogen and oxygen atoms in total. The Kier molecular flexibility index (Phi) is 3.99. The van der Waals surface area contributed by atoms with Crippen molar-refractivity contribution in [3.05, 3.63) is 31.7 Å². The minimum atomic E-state index is -0.424. The summed E-state index contributed by atoms with van der Waals surface area (Å²) < 4.78 is 7.66. The number of rotatable bonds is 3. The van der Waals surface area contributed by atoms with Crippen LogP contribution in [0.2, 0.25) is 0 Å². The maximum Gasteiger partial charge on any atom is 0.429 e. The molecule has 0 bridgehead atoms. The van der Waals surface area contributed by atoms with Crippen LogP contribution in [0.15, 0.2) is 19.6 Å². The first-order valence-corrected chi connectivity index (χ1v) is 7.22. The fourth-order valence-electron chi connectivity index (χ4n) is 2.50. The smallest absolute Gasteiger partial charge is 0.379 e. The minimum absolute atomic E-state index is 0.207. The Balaban J connectivity index is 1.82. The molecule has 1 aromatic heterocycles. The highest BCUT2D eigenvalue weighted by atomic mass is 16.5. The van der Waals surface area contributed by atoms with Gasteiger partial charge < -0.3 is 4.74 Å². The van der Waals surface area contributed by atoms with Gasteiger partial charge >= 0.3 is 17.2 Å². The van der Waals surface area contributed by atoms with Crippen LogP contribution in [-0.4, -0.2) is 59.4 Å². The number of ether oxygens (including phenoxy) is 1. The number of fused-ring (bicyclic) bond motifs is 1. The maximum absolute atomic E-state index is 12.0. The molecular formula is C13H19N6O3+. The summed E-state index contributed by atoms with van der Waals surface area (Å²) in [6, 6.07) is 0. The molecule has 1 N–H and O–H groups in total. The van der Waals surface area contributed by atoms with Crippen LogP contribution in [0.5, 0.6) is 0 Å². The zero-order valence-corrected chi connectivity index (χ0v) is 12.7. The van der Waals surface area contributed by atoms with Crippen LogP contribution in [-0.2, 0) is 18.8 Å². The van der Waals surface area contributed by atoms with Crippen LogP contribution in [0.25, 0.3) is 0 Å². The second kappa shape index (κ2) is 5.93. The van der Waals surface area contributed by atoms with E-state index < -0.39 is 11.2 Å². The lowest BCUT2D eigenvalue weighted by Crippen LogP contribution is -2.74. The fourth-order valence-corrected chi connectivity index (χ4v) is 2.50. The zero-order valence-electron chi connectivity index (χ0n) is 12.7. The van der Waals surface area contributed by atoms with E-state index in [4.69, 9.17) is 4.74 Å². The van der Waals surface area contributed by atoms with E-state index in [1.807, 2.05) is 0 Å². The summed E-state index contributed by atoms with van der Waals surface area (Å²) >= 11 is 0. The molecule has 2 aliphatic rings. The van der Waals surface area contributed by atoms with Crippen LogP contribution < -0.4 is 27.1 Å². The van der Waals surface area contributed by atoms with E-state index in [0.717, 1.165) is 37.4 Å². The number of morpholine rings is 1. The van der Waals surface area contributed by atoms with Crippen LogP contribution in [0.4, 0.5) is 0 Å². The molecule has 1 saturated heterocycles. The van der Waals surface area contributed by atoms with E-state index in [9.17, 15) is 9.59 Å². The molecular weight excluding hydrogens is 288 g/mol. The summed E-state index contributed by atoms with van der Waals surface area (Å²) in [5, 5.41) is 0.207. The van der Waals surface area contributed by atoms with E-state index in [2.05, 4.69) is 19.9 Å². The Morgan fingerprint density at radius 1 is 1.14 bits per heavy atom. The van der Waals surface area contributed by atoms with E-state index in [1.54, 1.807) is 7.05 Å². The summed E-state index contributed by atoms with van der Waals surface area (Å²) in [4.78, 5) is 37.7. The summed E-state index contributed by atoms with van der Waals surface area (Å²) in [6.07, 6.45) is 0. The van der Waals surface area contributed by atoms with Gasteiger partial charge in [-0.15, -0.1) is 0 Å². The highest BCUT2D eigenvalue weighted by Crippen LogP contribution is 1.93. The molecule has 3 heterocycles. The summed E-state index contributed by atoms with van der Waals surface area (Å²) in [7, 11) is 3.01. The predicted molar refractivity (Wildman–Crippen MR) is 77.3 cm³/mol. The van der Waals surface area contributed by atoms with Gasteiger partial charge in [-0.2, -0.15) is 0 Å². The van der Waals surface area contributed by atoms with E-state index in [0.29, 0.717) is 18.0 Å². The number of hydrogen-bond donors (Lipinski definition) is 1. The van der Waals surface area contributed by atoms with Gasteiger partial charge in [0.25, 0.3) is 10.8 Å². The molecule has 0 aliphatic carbocycles. The predicted octanol–water partition coefficient (Wildman–Crippen LogP) is -4.89. The third-order valence-electron chi connectivity index (χ3n) is 3.85. The largest absolute Gasteiger partial charge is 0.429 e. The Bertz CT molecular complexity index is 844. The number of guanidine groups is 1. The number of nitrogens with zero attached hydrogens (tertiary/aromatic N) is 5. The molecule has 118 valence electrons. The first kappa shape index (κ1) is 14.8. The Hall–Kier alpha value is -2.13. The van der Waals surface area contributed by atoms with Crippen molar-refractivity contribution in [2.45, 2.75) is 0 Å². The van der Waals surface area contributed by atoms with Crippen molar-refractivity contribution in [2.24, 2.45) is 24.1 Å². The molecule has 0 saturated carbocycles. The highest BCUT2D eigenvalue weighted by Gasteiger charge is 2.21. The van der Waals surface area contributed by atoms with Gasteiger partial charge in [0.1, 0.15) is 0 Å². The molecule has 0 spiro atoms. The molecule has 3 rings (SSSR count). The van der Waals surface area contributed by atoms with Crippen LogP contribution in [0, 0.1) is 0 Å². The molecule has 9 heteroatoms. The third kappa shape index (κ3) is 2.64. The van der Waals surface area contributed by atoms with Crippen molar-refractivity contribution in [1.29, 1.82) is 0 Å². The third-order valence-corrected chi connectivity index (χ3v) is 3.85. The maximum atomic E-state index is 12.0. The fraction of sp³-hybridized carbons (Fsp3) is 0.615. The van der Waals surface area contributed by atoms with E-state index in [-0.39, 0.29) is 5.36 Å². The second-order valence-electron chi connectivity index (χ2n) is 5.31. The van der Waals surface area contributed by atoms with Crippen molar-refractivity contribution >= 4 is 5.96 Å². The quantitative estimate of drug-likeness (QED) is 0.605. The second-order valence-corrected chi connectivity index (χ2v) is 5.31. The average Bonchev–Trinajstić information content (AvgIpc) is 2.96. The van der Waals surface area contributed by atoms with Gasteiger partial charge in [-0.25, -0.2) is 4.79 Å². The number of nitrogens with one attached hydrogen (secondary N) is 1. The lowest BCUT2D eigenvalue weighted by molar-refractivity contribution is -0.459. The topological polar surface area (TPSA) is 95.2 Å². The number of aromatic nitrogens is 2. The van der Waals surface area contributed by atoms with Gasteiger partial charge in [0.15, 0.2) is 0 Å². The monoisotopic (exact) mass is 307 g/mol. The van der Waals surface area contributed by atoms with Gasteiger partial charge in [0.05, 0.1) is 19.8 Å². The van der Waals surface area contributed by atoms with Crippen LogP contribution in [0.3, 0.4) is 0 Å². The molecule has 0 aromatic carbocycles. The lowest BCUT2D eigenvalue weighted by Gasteiger charge is -2.25. The van der Waals surface area contributed by atoms with Gasteiger partial charge in [-0.3, -0.25) is 23.8 Å². The Morgan fingerprint density at radius 3 is 2.59 bits per heavy atom. The van der Waals surface area contributed by atoms with Gasteiger partial charge in [0.2, 0.25) is 0 Å². The van der Waals surface area contributed by atoms with Gasteiger partial charge in [-0.1, -0.05) is 4.99 Å². The van der Waals surface area contributed by atoms with Crippen molar-refractivity contribution in [3.8, 4) is 0 Å². The first-order chi connectivity index (χ1) is 10.6. The summed E-state index contributed by atoms with van der Waals surface area (Å²) in [6.45, 7) is 4.88. The van der Waals surface area contributed by atoms with Gasteiger partial charge in [0, 0.05) is 33.7 Å². The highest BCUT2D eigenvalue weighted by molar-refractivity contribution is 5.77. The Morgan fingerprint density at radius 2 is 1.86 bits per heavy atom. The normalized spacial score (nSPS) is 19.8. The number of hydrogen-bond acceptors (Lipinski definition) is 4. The summed E-state index contributed by atoms with van der Waals surface area (Å²) in [5.41, 5.74) is -0.522. The molecule has 2 aliphatic heterocycles. The Labute approximate surface area is 125 Å². The molecule has 0 amide bonds. The zero-order chi connectivity index (χ0) is 15.7. The van der Waals surface area contributed by atoms with E-state index >= 15 is 0 Å². The average molecular weight is 307 g/mol. The van der Waals surface area contributed by atoms with Crippen molar-refractivity contribution in [1.82, 2.24) is 14.0 Å². The van der Waals surface area contributed by atoms with Crippen molar-refractivity contribution in [3.63, 3.8) is 0 Å². The molecule has 22 heavy (non-hydrogen) atoms. The van der Waals surface area contributed by atoms with Crippen LogP contribution in [0.1, 0.15) is 0 Å². The van der Waals surface area contributed by atoms with Crippen LogP contribution >= 0.6 is 0 Å². The minimum Gasteiger partial charge on any atom is -0.379 e. The SMILES string of the molecule is Cn1c(=O)c2c(n(C)c1=O)=NC(=[NH+]CCN1CCOCC1)N=2. The summed E-state index contributed by atoms with van der Waals surface area (Å²) in [5.74, 6) is 0.376. The molecule has 1 fully saturated rings. The molecule has 1 aromatic rings. The van der Waals surface area contributed by atoms with E-state index in [1.165, 1.54) is 11.6 Å². The van der Waals surface area contributed by atoms with Crippen molar-refractivity contribution < 1.29 is 9.73 Å². The molecule has 0 atom stereocenters.